The van der Waals surface area contributed by atoms with E-state index >= 15 is 0 Å². The predicted molar refractivity (Wildman–Crippen MR) is 190 cm³/mol. The van der Waals surface area contributed by atoms with Crippen LogP contribution in [0, 0.1) is 17.2 Å². The minimum absolute atomic E-state index is 0.141. The van der Waals surface area contributed by atoms with Crippen LogP contribution in [0.2, 0.25) is 0 Å². The molecule has 1 saturated heterocycles. The lowest BCUT2D eigenvalue weighted by atomic mass is 9.93. The van der Waals surface area contributed by atoms with Crippen LogP contribution in [0.5, 0.6) is 5.75 Å². The zero-order chi connectivity index (χ0) is 37.4. The van der Waals surface area contributed by atoms with Crippen LogP contribution in [-0.2, 0) is 32.6 Å². The maximum Gasteiger partial charge on any atom is 0.270 e. The van der Waals surface area contributed by atoms with E-state index in [1.807, 2.05) is 50.2 Å². The third kappa shape index (κ3) is 9.35. The number of amides is 5. The number of aryl methyl sites for hydroxylation is 1. The van der Waals surface area contributed by atoms with E-state index < -0.39 is 67.4 Å². The largest absolute Gasteiger partial charge is 0.484 e. The van der Waals surface area contributed by atoms with Gasteiger partial charge in [0.1, 0.15) is 29.6 Å². The molecule has 2 bridgehead atoms. The zero-order valence-corrected chi connectivity index (χ0v) is 29.6. The van der Waals surface area contributed by atoms with E-state index in [4.69, 9.17) is 4.74 Å². The van der Waals surface area contributed by atoms with Gasteiger partial charge in [0, 0.05) is 45.2 Å². The number of hydrogen-bond donors (Lipinski definition) is 4. The zero-order valence-electron chi connectivity index (χ0n) is 29.6. The van der Waals surface area contributed by atoms with Crippen molar-refractivity contribution in [2.45, 2.75) is 50.7 Å². The smallest absolute Gasteiger partial charge is 0.270 e. The third-order valence-corrected chi connectivity index (χ3v) is 9.32. The lowest BCUT2D eigenvalue weighted by Gasteiger charge is -2.29. The van der Waals surface area contributed by atoms with Crippen molar-refractivity contribution in [1.29, 1.82) is 5.26 Å². The molecule has 0 aliphatic carbocycles. The number of rotatable bonds is 7. The van der Waals surface area contributed by atoms with Crippen molar-refractivity contribution in [3.8, 4) is 11.8 Å². The minimum atomic E-state index is -1.32. The number of benzene rings is 2. The molecule has 0 unspecified atom stereocenters. The highest BCUT2D eigenvalue weighted by Crippen LogP contribution is 2.31. The van der Waals surface area contributed by atoms with Crippen LogP contribution < -0.4 is 20.7 Å². The lowest BCUT2D eigenvalue weighted by Crippen LogP contribution is -2.56. The normalized spacial score (nSPS) is 21.6. The summed E-state index contributed by atoms with van der Waals surface area (Å²) < 4.78 is 7.39. The molecule has 4 atom stereocenters. The fraction of sp³-hybridized carbons (Fsp3) is 0.421. The van der Waals surface area contributed by atoms with Crippen LogP contribution >= 0.6 is 0 Å². The molecule has 14 heteroatoms. The maximum atomic E-state index is 14.2. The second-order valence-electron chi connectivity index (χ2n) is 13.7. The van der Waals surface area contributed by atoms with Gasteiger partial charge in [0.15, 0.2) is 6.61 Å². The van der Waals surface area contributed by atoms with Gasteiger partial charge < -0.3 is 40.2 Å². The summed E-state index contributed by atoms with van der Waals surface area (Å²) in [5, 5.41) is 28.0. The molecule has 1 aromatic heterocycles. The first-order valence-corrected chi connectivity index (χ1v) is 17.4. The Balaban J connectivity index is 1.50. The van der Waals surface area contributed by atoms with E-state index in [9.17, 15) is 34.3 Å². The molecule has 0 saturated carbocycles. The quantitative estimate of drug-likeness (QED) is 0.281. The number of aliphatic hydroxyl groups excluding tert-OH is 1. The number of nitrogens with one attached hydrogen (secondary N) is 3. The second-order valence-corrected chi connectivity index (χ2v) is 13.7. The molecule has 52 heavy (non-hydrogen) atoms. The summed E-state index contributed by atoms with van der Waals surface area (Å²) in [7, 11) is 1.69. The number of aliphatic hydroxyl groups is 1. The molecule has 5 rings (SSSR count). The summed E-state index contributed by atoms with van der Waals surface area (Å²) in [6.07, 6.45) is 2.28. The van der Waals surface area contributed by atoms with Gasteiger partial charge in [-0.1, -0.05) is 56.3 Å². The average Bonchev–Trinajstić information content (AvgIpc) is 3.73. The average molecular weight is 712 g/mol. The van der Waals surface area contributed by atoms with E-state index in [2.05, 4.69) is 22.0 Å². The van der Waals surface area contributed by atoms with E-state index in [-0.39, 0.29) is 37.9 Å². The molecule has 0 radical (unpaired) electrons. The first-order chi connectivity index (χ1) is 24.9. The van der Waals surface area contributed by atoms with Crippen molar-refractivity contribution in [3.05, 3.63) is 89.2 Å². The molecule has 3 heterocycles. The monoisotopic (exact) mass is 711 g/mol. The van der Waals surface area contributed by atoms with Gasteiger partial charge in [-0.25, -0.2) is 0 Å². The highest BCUT2D eigenvalue weighted by Gasteiger charge is 2.39. The van der Waals surface area contributed by atoms with Crippen LogP contribution in [0.4, 0.5) is 0 Å². The summed E-state index contributed by atoms with van der Waals surface area (Å²) in [6, 6.07) is 16.8. The number of likely N-dealkylation sites (tertiary alicyclic amines) is 1. The molecule has 274 valence electrons. The highest BCUT2D eigenvalue weighted by molar-refractivity contribution is 5.94. The van der Waals surface area contributed by atoms with Crippen molar-refractivity contribution in [3.63, 3.8) is 0 Å². The van der Waals surface area contributed by atoms with E-state index in [1.54, 1.807) is 40.9 Å². The Hall–Kier alpha value is -5.68. The fourth-order valence-corrected chi connectivity index (χ4v) is 6.52. The van der Waals surface area contributed by atoms with Gasteiger partial charge in [-0.3, -0.25) is 24.0 Å². The molecule has 1 fully saturated rings. The molecule has 4 N–H and O–H groups in total. The standard InChI is InChI=1S/C38H45N7O7/c1-24(2)12-13-44-21-34(47)40-30(14-25-8-5-4-6-9-25)36(49)42-31-20-45(38(51)33-15-26(17-39)18-43(33)3)19-29(31)27-10-7-11-28(16-27)52-23-35(48)41-32(22-46)37(44)50/h4-11,15-16,18,24,29-32,46H,12-14,19-23H2,1-3H3,(H,40,47)(H,41,48)(H,42,49)/t29-,30-,31+,32-/m0/s1. The first kappa shape index (κ1) is 37.6. The van der Waals surface area contributed by atoms with E-state index in [0.717, 1.165) is 11.1 Å². The molecule has 2 aliphatic rings. The summed E-state index contributed by atoms with van der Waals surface area (Å²) in [6.45, 7) is 2.93. The first-order valence-electron chi connectivity index (χ1n) is 17.4. The van der Waals surface area contributed by atoms with Crippen LogP contribution in [0.1, 0.15) is 53.4 Å². The number of carbonyl (C=O) groups excluding carboxylic acids is 5. The fourth-order valence-electron chi connectivity index (χ4n) is 6.52. The summed E-state index contributed by atoms with van der Waals surface area (Å²) >= 11 is 0. The van der Waals surface area contributed by atoms with Gasteiger partial charge in [-0.15, -0.1) is 0 Å². The number of aromatic nitrogens is 1. The lowest BCUT2D eigenvalue weighted by molar-refractivity contribution is -0.141. The Morgan fingerprint density at radius 2 is 1.73 bits per heavy atom. The van der Waals surface area contributed by atoms with Crippen LogP contribution in [-0.4, -0.2) is 107 Å². The van der Waals surface area contributed by atoms with Crippen LogP contribution in [0.3, 0.4) is 0 Å². The van der Waals surface area contributed by atoms with Gasteiger partial charge in [0.05, 0.1) is 24.8 Å². The Bertz CT molecular complexity index is 1820. The second kappa shape index (κ2) is 17.0. The van der Waals surface area contributed by atoms with E-state index in [1.165, 1.54) is 11.0 Å². The molecule has 0 spiro atoms. The molecule has 2 aromatic carbocycles. The molecular weight excluding hydrogens is 666 g/mol. The van der Waals surface area contributed by atoms with Crippen LogP contribution in [0.25, 0.3) is 0 Å². The molecule has 2 aliphatic heterocycles. The summed E-state index contributed by atoms with van der Waals surface area (Å²) in [4.78, 5) is 71.1. The maximum absolute atomic E-state index is 14.2. The van der Waals surface area contributed by atoms with Crippen molar-refractivity contribution >= 4 is 29.5 Å². The number of nitriles is 1. The summed E-state index contributed by atoms with van der Waals surface area (Å²) in [5.41, 5.74) is 2.20. The number of carbonyl (C=O) groups is 5. The molecule has 3 aromatic rings. The predicted octanol–water partition coefficient (Wildman–Crippen LogP) is 1.09. The van der Waals surface area contributed by atoms with Gasteiger partial charge in [0.25, 0.3) is 11.8 Å². The molecular formula is C38H45N7O7. The molecule has 5 amide bonds. The Labute approximate surface area is 302 Å². The van der Waals surface area contributed by atoms with Gasteiger partial charge in [0.2, 0.25) is 17.7 Å². The molecule has 14 nitrogen and oxygen atoms in total. The highest BCUT2D eigenvalue weighted by atomic mass is 16.5. The van der Waals surface area contributed by atoms with Crippen molar-refractivity contribution < 1.29 is 33.8 Å². The number of nitrogens with zero attached hydrogens (tertiary/aromatic N) is 4. The Morgan fingerprint density at radius 1 is 0.981 bits per heavy atom. The van der Waals surface area contributed by atoms with E-state index in [0.29, 0.717) is 23.4 Å². The summed E-state index contributed by atoms with van der Waals surface area (Å²) in [5.74, 6) is -2.53. The van der Waals surface area contributed by atoms with Crippen molar-refractivity contribution in [2.24, 2.45) is 13.0 Å². The van der Waals surface area contributed by atoms with Crippen LogP contribution in [0.15, 0.2) is 66.9 Å². The van der Waals surface area contributed by atoms with Crippen molar-refractivity contribution in [1.82, 2.24) is 30.3 Å². The van der Waals surface area contributed by atoms with Crippen molar-refractivity contribution in [2.75, 3.05) is 39.4 Å². The minimum Gasteiger partial charge on any atom is -0.484 e. The number of hydrogen-bond acceptors (Lipinski definition) is 8. The van der Waals surface area contributed by atoms with Gasteiger partial charge >= 0.3 is 0 Å². The van der Waals surface area contributed by atoms with Gasteiger partial charge in [-0.05, 0) is 41.7 Å². The number of ether oxygens (including phenoxy) is 1. The Kier molecular flexibility index (Phi) is 12.3. The Morgan fingerprint density at radius 3 is 2.42 bits per heavy atom. The van der Waals surface area contributed by atoms with Gasteiger partial charge in [-0.2, -0.15) is 5.26 Å². The third-order valence-electron chi connectivity index (χ3n) is 9.32. The number of fused-ring (bicyclic) bond motifs is 4. The topological polar surface area (TPSA) is 186 Å². The SMILES string of the molecule is CC(C)CCN1CC(=O)N[C@@H](Cc2ccccc2)C(=O)N[C@@H]2CN(C(=O)c3cc(C#N)cn3C)C[C@H]2c2cccc(c2)OCC(=O)N[C@@H](CO)C1=O.